The summed E-state index contributed by atoms with van der Waals surface area (Å²) in [5.41, 5.74) is 2.93. The first kappa shape index (κ1) is 20.5. The Morgan fingerprint density at radius 1 is 1.07 bits per heavy atom. The van der Waals surface area contributed by atoms with Gasteiger partial charge in [-0.3, -0.25) is 0 Å². The molecule has 0 aliphatic carbocycles. The Balaban J connectivity index is 1.53. The van der Waals surface area contributed by atoms with Gasteiger partial charge in [0.1, 0.15) is 5.82 Å². The van der Waals surface area contributed by atoms with Crippen LogP contribution in [0.2, 0.25) is 5.02 Å². The highest BCUT2D eigenvalue weighted by molar-refractivity contribution is 7.15. The lowest BCUT2D eigenvalue weighted by atomic mass is 9.94. The van der Waals surface area contributed by atoms with Crippen molar-refractivity contribution in [2.24, 2.45) is 0 Å². The first-order chi connectivity index (χ1) is 14.0. The summed E-state index contributed by atoms with van der Waals surface area (Å²) in [5, 5.41) is 20.2. The van der Waals surface area contributed by atoms with E-state index in [1.807, 2.05) is 24.3 Å². The molecule has 0 unspecified atom stereocenters. The Morgan fingerprint density at radius 2 is 1.86 bits per heavy atom. The van der Waals surface area contributed by atoms with Crippen molar-refractivity contribution in [2.45, 2.75) is 37.6 Å². The Hall–Kier alpha value is -1.76. The van der Waals surface area contributed by atoms with Crippen molar-refractivity contribution in [3.05, 3.63) is 81.4 Å². The zero-order valence-electron chi connectivity index (χ0n) is 15.7. The number of aliphatic hydroxyl groups excluding tert-OH is 2. The van der Waals surface area contributed by atoms with E-state index >= 15 is 0 Å². The summed E-state index contributed by atoms with van der Waals surface area (Å²) in [5.74, 6) is -0.243. The predicted molar refractivity (Wildman–Crippen MR) is 114 cm³/mol. The predicted octanol–water partition coefficient (Wildman–Crippen LogP) is 5.37. The molecule has 1 fully saturated rings. The van der Waals surface area contributed by atoms with E-state index in [9.17, 15) is 14.6 Å². The molecule has 0 radical (unpaired) electrons. The number of halogens is 2. The first-order valence-corrected chi connectivity index (χ1v) is 10.8. The molecule has 0 amide bonds. The van der Waals surface area contributed by atoms with E-state index in [2.05, 4.69) is 6.07 Å². The van der Waals surface area contributed by atoms with E-state index < -0.39 is 6.10 Å². The molecule has 0 bridgehead atoms. The molecule has 2 aromatic carbocycles. The molecular weight excluding hydrogens is 411 g/mol. The second-order valence-corrected chi connectivity index (χ2v) is 8.93. The van der Waals surface area contributed by atoms with Crippen molar-refractivity contribution in [1.29, 1.82) is 0 Å². The van der Waals surface area contributed by atoms with Gasteiger partial charge >= 0.3 is 0 Å². The van der Waals surface area contributed by atoms with Gasteiger partial charge in [-0.2, -0.15) is 0 Å². The Morgan fingerprint density at radius 3 is 2.62 bits per heavy atom. The van der Waals surface area contributed by atoms with E-state index in [1.54, 1.807) is 23.5 Å². The molecule has 4 rings (SSSR count). The lowest BCUT2D eigenvalue weighted by molar-refractivity contribution is -0.113. The molecule has 0 saturated carbocycles. The van der Waals surface area contributed by atoms with Crippen LogP contribution in [0.4, 0.5) is 4.39 Å². The van der Waals surface area contributed by atoms with E-state index in [0.717, 1.165) is 26.4 Å². The number of benzene rings is 2. The van der Waals surface area contributed by atoms with Crippen LogP contribution in [0.3, 0.4) is 0 Å². The molecule has 3 nitrogen and oxygen atoms in total. The molecular formula is C23H22ClFO3S. The van der Waals surface area contributed by atoms with Crippen LogP contribution in [0.5, 0.6) is 0 Å². The van der Waals surface area contributed by atoms with E-state index in [-0.39, 0.29) is 24.6 Å². The van der Waals surface area contributed by atoms with Gasteiger partial charge in [0.25, 0.3) is 0 Å². The Kier molecular flexibility index (Phi) is 6.32. The minimum absolute atomic E-state index is 0.102. The van der Waals surface area contributed by atoms with Crippen LogP contribution < -0.4 is 0 Å². The molecule has 2 N–H and O–H groups in total. The monoisotopic (exact) mass is 432 g/mol. The fraction of sp³-hybridized carbons (Fsp3) is 0.304. The van der Waals surface area contributed by atoms with Crippen LogP contribution in [-0.2, 0) is 11.2 Å². The highest BCUT2D eigenvalue weighted by atomic mass is 35.5. The van der Waals surface area contributed by atoms with Crippen LogP contribution in [-0.4, -0.2) is 29.0 Å². The molecule has 0 spiro atoms. The normalized spacial score (nSPS) is 22.0. The molecule has 6 heteroatoms. The summed E-state index contributed by atoms with van der Waals surface area (Å²) in [4.78, 5) is 2.23. The fourth-order valence-electron chi connectivity index (χ4n) is 3.68. The van der Waals surface area contributed by atoms with Crippen LogP contribution in [0.15, 0.2) is 54.6 Å². The molecule has 1 aliphatic heterocycles. The van der Waals surface area contributed by atoms with Crippen molar-refractivity contribution in [1.82, 2.24) is 0 Å². The summed E-state index contributed by atoms with van der Waals surface area (Å²) in [7, 11) is 0. The van der Waals surface area contributed by atoms with Gasteiger partial charge in [0.15, 0.2) is 0 Å². The first-order valence-electron chi connectivity index (χ1n) is 9.59. The van der Waals surface area contributed by atoms with Crippen molar-refractivity contribution < 1.29 is 19.3 Å². The van der Waals surface area contributed by atoms with Gasteiger partial charge in [-0.25, -0.2) is 4.39 Å². The zero-order chi connectivity index (χ0) is 20.4. The van der Waals surface area contributed by atoms with Crippen LogP contribution in [0.1, 0.15) is 34.9 Å². The molecule has 1 aliphatic rings. The zero-order valence-corrected chi connectivity index (χ0v) is 17.3. The summed E-state index contributed by atoms with van der Waals surface area (Å²) >= 11 is 8.10. The van der Waals surface area contributed by atoms with Gasteiger partial charge in [0, 0.05) is 34.0 Å². The maximum absolute atomic E-state index is 13.2. The van der Waals surface area contributed by atoms with E-state index in [0.29, 0.717) is 24.3 Å². The highest BCUT2D eigenvalue weighted by Crippen LogP contribution is 2.35. The third-order valence-corrected chi connectivity index (χ3v) is 6.68. The standard InChI is InChI=1S/C23H22ClFO3S/c24-21-7-3-15(22-12-18(27)11-19(13-26)28-22)9-16(21)10-20-6-8-23(29-20)14-1-4-17(25)5-2-14/h1-9,18-19,22,26-27H,10-13H2/t18-,19-,22+/m0/s1. The number of ether oxygens (including phenoxy) is 1. The third kappa shape index (κ3) is 4.87. The molecule has 1 saturated heterocycles. The molecule has 3 aromatic rings. The molecule has 2 heterocycles. The van der Waals surface area contributed by atoms with E-state index in [1.165, 1.54) is 12.1 Å². The average Bonchev–Trinajstić information content (AvgIpc) is 3.18. The van der Waals surface area contributed by atoms with Crippen LogP contribution in [0, 0.1) is 5.82 Å². The Labute approximate surface area is 178 Å². The molecule has 29 heavy (non-hydrogen) atoms. The minimum Gasteiger partial charge on any atom is -0.394 e. The summed E-state index contributed by atoms with van der Waals surface area (Å²) in [6.07, 6.45) is 0.543. The number of hydrogen-bond acceptors (Lipinski definition) is 4. The minimum atomic E-state index is -0.486. The van der Waals surface area contributed by atoms with Gasteiger partial charge in [0.05, 0.1) is 24.9 Å². The largest absolute Gasteiger partial charge is 0.394 e. The van der Waals surface area contributed by atoms with Crippen LogP contribution >= 0.6 is 22.9 Å². The van der Waals surface area contributed by atoms with E-state index in [4.69, 9.17) is 16.3 Å². The quantitative estimate of drug-likeness (QED) is 0.569. The van der Waals surface area contributed by atoms with Gasteiger partial charge in [-0.05, 0) is 47.0 Å². The maximum atomic E-state index is 13.2. The van der Waals surface area contributed by atoms with Crippen LogP contribution in [0.25, 0.3) is 10.4 Å². The molecule has 1 aromatic heterocycles. The topological polar surface area (TPSA) is 49.7 Å². The molecule has 3 atom stereocenters. The third-order valence-electron chi connectivity index (χ3n) is 5.18. The number of aliphatic hydroxyl groups is 2. The second-order valence-electron chi connectivity index (χ2n) is 7.36. The fourth-order valence-corrected chi connectivity index (χ4v) is 4.90. The lowest BCUT2D eigenvalue weighted by Gasteiger charge is -2.32. The molecule has 152 valence electrons. The van der Waals surface area contributed by atoms with Crippen molar-refractivity contribution in [3.8, 4) is 10.4 Å². The summed E-state index contributed by atoms with van der Waals surface area (Å²) in [6.45, 7) is -0.102. The maximum Gasteiger partial charge on any atom is 0.123 e. The lowest BCUT2D eigenvalue weighted by Crippen LogP contribution is -2.33. The van der Waals surface area contributed by atoms with Gasteiger partial charge in [-0.1, -0.05) is 35.9 Å². The number of hydrogen-bond donors (Lipinski definition) is 2. The van der Waals surface area contributed by atoms with Crippen molar-refractivity contribution in [2.75, 3.05) is 6.61 Å². The average molecular weight is 433 g/mol. The van der Waals surface area contributed by atoms with Gasteiger partial charge < -0.3 is 14.9 Å². The van der Waals surface area contributed by atoms with Gasteiger partial charge in [0.2, 0.25) is 0 Å². The summed E-state index contributed by atoms with van der Waals surface area (Å²) in [6, 6.07) is 16.4. The SMILES string of the molecule is OC[C@@H]1C[C@H](O)C[C@H](c2ccc(Cl)c(Cc3ccc(-c4ccc(F)cc4)s3)c2)O1. The Bertz CT molecular complexity index is 973. The number of thiophene rings is 1. The number of rotatable bonds is 5. The summed E-state index contributed by atoms with van der Waals surface area (Å²) < 4.78 is 19.1. The smallest absolute Gasteiger partial charge is 0.123 e. The van der Waals surface area contributed by atoms with Gasteiger partial charge in [-0.15, -0.1) is 11.3 Å². The van der Waals surface area contributed by atoms with Crippen molar-refractivity contribution >= 4 is 22.9 Å². The van der Waals surface area contributed by atoms with Crippen molar-refractivity contribution in [3.63, 3.8) is 0 Å². The highest BCUT2D eigenvalue weighted by Gasteiger charge is 2.29. The second kappa shape index (κ2) is 8.94.